The average molecular weight is 237 g/mol. The van der Waals surface area contributed by atoms with Gasteiger partial charge in [0, 0.05) is 31.2 Å². The van der Waals surface area contributed by atoms with Gasteiger partial charge in [-0.2, -0.15) is 11.8 Å². The Morgan fingerprint density at radius 3 is 2.94 bits per heavy atom. The van der Waals surface area contributed by atoms with E-state index in [1.807, 2.05) is 11.8 Å². The van der Waals surface area contributed by atoms with E-state index < -0.39 is 0 Å². The van der Waals surface area contributed by atoms with Gasteiger partial charge in [-0.3, -0.25) is 5.41 Å². The molecule has 1 fully saturated rings. The van der Waals surface area contributed by atoms with Gasteiger partial charge in [-0.05, 0) is 12.2 Å². The van der Waals surface area contributed by atoms with Crippen LogP contribution in [0.25, 0.3) is 0 Å². The summed E-state index contributed by atoms with van der Waals surface area (Å²) < 4.78 is 0. The smallest absolute Gasteiger partial charge is 0.158 e. The number of nitrogens with zero attached hydrogens (tertiary/aromatic N) is 3. The molecule has 0 radical (unpaired) electrons. The highest BCUT2D eigenvalue weighted by atomic mass is 32.2. The monoisotopic (exact) mass is 237 g/mol. The molecule has 0 atom stereocenters. The zero-order chi connectivity index (χ0) is 11.4. The van der Waals surface area contributed by atoms with E-state index in [0.717, 1.165) is 31.1 Å². The van der Waals surface area contributed by atoms with Gasteiger partial charge in [-0.1, -0.05) is 0 Å². The van der Waals surface area contributed by atoms with E-state index in [0.29, 0.717) is 5.69 Å². The number of hydrogen-bond donors (Lipinski definition) is 2. The fourth-order valence-corrected chi connectivity index (χ4v) is 2.60. The molecule has 2 heterocycles. The fraction of sp³-hybridized carbons (Fsp3) is 0.500. The molecule has 5 nitrogen and oxygen atoms in total. The van der Waals surface area contributed by atoms with Crippen molar-refractivity contribution in [2.45, 2.75) is 6.42 Å². The van der Waals surface area contributed by atoms with Crippen LogP contribution in [0.5, 0.6) is 0 Å². The molecule has 86 valence electrons. The molecule has 0 unspecified atom stereocenters. The summed E-state index contributed by atoms with van der Waals surface area (Å²) in [6.45, 7) is 1.91. The molecule has 3 N–H and O–H groups in total. The van der Waals surface area contributed by atoms with Crippen LogP contribution in [0.15, 0.2) is 12.4 Å². The Kier molecular flexibility index (Phi) is 3.61. The van der Waals surface area contributed by atoms with Gasteiger partial charge in [0.2, 0.25) is 0 Å². The molecule has 2 rings (SSSR count). The SMILES string of the molecule is N=C(N)c1nccnc1N1CCCSCC1. The van der Waals surface area contributed by atoms with Crippen LogP contribution in [-0.4, -0.2) is 40.4 Å². The predicted molar refractivity (Wildman–Crippen MR) is 67.2 cm³/mol. The summed E-state index contributed by atoms with van der Waals surface area (Å²) in [7, 11) is 0. The molecule has 1 saturated heterocycles. The molecule has 16 heavy (non-hydrogen) atoms. The van der Waals surface area contributed by atoms with E-state index in [1.165, 1.54) is 5.75 Å². The lowest BCUT2D eigenvalue weighted by molar-refractivity contribution is 0.795. The molecule has 1 aliphatic rings. The molecular weight excluding hydrogens is 222 g/mol. The van der Waals surface area contributed by atoms with Gasteiger partial charge < -0.3 is 10.6 Å². The molecule has 0 saturated carbocycles. The molecule has 6 heteroatoms. The van der Waals surface area contributed by atoms with Crippen molar-refractivity contribution in [3.63, 3.8) is 0 Å². The van der Waals surface area contributed by atoms with Crippen LogP contribution >= 0.6 is 11.8 Å². The second kappa shape index (κ2) is 5.16. The quantitative estimate of drug-likeness (QED) is 0.585. The van der Waals surface area contributed by atoms with Gasteiger partial charge in [0.05, 0.1) is 0 Å². The molecule has 0 aromatic carbocycles. The van der Waals surface area contributed by atoms with Crippen molar-refractivity contribution in [3.05, 3.63) is 18.1 Å². The van der Waals surface area contributed by atoms with Crippen LogP contribution in [0.2, 0.25) is 0 Å². The van der Waals surface area contributed by atoms with Gasteiger partial charge in [-0.25, -0.2) is 9.97 Å². The third-order valence-electron chi connectivity index (χ3n) is 2.46. The number of anilines is 1. The lowest BCUT2D eigenvalue weighted by Crippen LogP contribution is -2.30. The van der Waals surface area contributed by atoms with Gasteiger partial charge in [0.25, 0.3) is 0 Å². The van der Waals surface area contributed by atoms with Crippen LogP contribution < -0.4 is 10.6 Å². The second-order valence-corrected chi connectivity index (χ2v) is 4.82. The van der Waals surface area contributed by atoms with Crippen LogP contribution in [0.3, 0.4) is 0 Å². The van der Waals surface area contributed by atoms with Crippen molar-refractivity contribution in [1.29, 1.82) is 5.41 Å². The minimum atomic E-state index is -0.0139. The van der Waals surface area contributed by atoms with Crippen molar-refractivity contribution in [2.75, 3.05) is 29.5 Å². The Bertz CT molecular complexity index is 373. The Labute approximate surface area is 99.0 Å². The minimum absolute atomic E-state index is 0.0139. The largest absolute Gasteiger partial charge is 0.382 e. The van der Waals surface area contributed by atoms with Crippen molar-refractivity contribution in [3.8, 4) is 0 Å². The van der Waals surface area contributed by atoms with E-state index in [-0.39, 0.29) is 5.84 Å². The first-order valence-corrected chi connectivity index (χ1v) is 6.42. The summed E-state index contributed by atoms with van der Waals surface area (Å²) in [6.07, 6.45) is 4.37. The summed E-state index contributed by atoms with van der Waals surface area (Å²) in [5, 5.41) is 7.49. The van der Waals surface area contributed by atoms with E-state index in [4.69, 9.17) is 11.1 Å². The van der Waals surface area contributed by atoms with E-state index >= 15 is 0 Å². The molecule has 0 amide bonds. The van der Waals surface area contributed by atoms with Crippen molar-refractivity contribution >= 4 is 23.4 Å². The summed E-state index contributed by atoms with van der Waals surface area (Å²) in [4.78, 5) is 10.6. The maximum absolute atomic E-state index is 7.49. The molecular formula is C10H15N5S. The lowest BCUT2D eigenvalue weighted by atomic mass is 10.3. The van der Waals surface area contributed by atoms with Gasteiger partial charge >= 0.3 is 0 Å². The minimum Gasteiger partial charge on any atom is -0.382 e. The number of amidine groups is 1. The molecule has 0 bridgehead atoms. The number of nitrogens with one attached hydrogen (secondary N) is 1. The maximum atomic E-state index is 7.49. The molecule has 1 aliphatic heterocycles. The average Bonchev–Trinajstić information content (AvgIpc) is 2.57. The number of thioether (sulfide) groups is 1. The Morgan fingerprint density at radius 2 is 2.12 bits per heavy atom. The first kappa shape index (κ1) is 11.2. The third kappa shape index (κ3) is 2.44. The number of rotatable bonds is 2. The topological polar surface area (TPSA) is 78.9 Å². The Balaban J connectivity index is 2.27. The standard InChI is InChI=1S/C10H15N5S/c11-9(12)8-10(14-3-2-13-8)15-4-1-6-16-7-5-15/h2-3H,1,4-7H2,(H3,11,12). The fourth-order valence-electron chi connectivity index (χ4n) is 1.71. The number of hydrogen-bond acceptors (Lipinski definition) is 5. The molecule has 1 aromatic heterocycles. The molecule has 0 spiro atoms. The summed E-state index contributed by atoms with van der Waals surface area (Å²) in [6, 6.07) is 0. The molecule has 1 aromatic rings. The summed E-state index contributed by atoms with van der Waals surface area (Å²) >= 11 is 1.95. The van der Waals surface area contributed by atoms with Crippen molar-refractivity contribution < 1.29 is 0 Å². The lowest BCUT2D eigenvalue weighted by Gasteiger charge is -2.22. The van der Waals surface area contributed by atoms with Crippen LogP contribution in [-0.2, 0) is 0 Å². The predicted octanol–water partition coefficient (Wildman–Crippen LogP) is 0.704. The van der Waals surface area contributed by atoms with Gasteiger partial charge in [0.15, 0.2) is 5.82 Å². The second-order valence-electron chi connectivity index (χ2n) is 3.60. The highest BCUT2D eigenvalue weighted by molar-refractivity contribution is 7.99. The zero-order valence-electron chi connectivity index (χ0n) is 9.02. The first-order valence-electron chi connectivity index (χ1n) is 5.27. The highest BCUT2D eigenvalue weighted by Gasteiger charge is 2.16. The van der Waals surface area contributed by atoms with E-state index in [9.17, 15) is 0 Å². The number of aromatic nitrogens is 2. The van der Waals surface area contributed by atoms with Crippen LogP contribution in [0.4, 0.5) is 5.82 Å². The van der Waals surface area contributed by atoms with Gasteiger partial charge in [-0.15, -0.1) is 0 Å². The van der Waals surface area contributed by atoms with Crippen molar-refractivity contribution in [2.24, 2.45) is 5.73 Å². The van der Waals surface area contributed by atoms with E-state index in [2.05, 4.69) is 14.9 Å². The highest BCUT2D eigenvalue weighted by Crippen LogP contribution is 2.18. The molecule has 0 aliphatic carbocycles. The van der Waals surface area contributed by atoms with Crippen LogP contribution in [0.1, 0.15) is 12.1 Å². The number of nitrogen functional groups attached to an aromatic ring is 1. The normalized spacial score (nSPS) is 16.9. The number of nitrogens with two attached hydrogens (primary N) is 1. The van der Waals surface area contributed by atoms with Crippen LogP contribution in [0, 0.1) is 5.41 Å². The Hall–Kier alpha value is -1.30. The van der Waals surface area contributed by atoms with E-state index in [1.54, 1.807) is 12.4 Å². The van der Waals surface area contributed by atoms with Gasteiger partial charge in [0.1, 0.15) is 11.5 Å². The first-order chi connectivity index (χ1) is 7.79. The summed E-state index contributed by atoms with van der Waals surface area (Å²) in [5.74, 6) is 3.01. The maximum Gasteiger partial charge on any atom is 0.158 e. The zero-order valence-corrected chi connectivity index (χ0v) is 9.83. The third-order valence-corrected chi connectivity index (χ3v) is 3.50. The van der Waals surface area contributed by atoms with Crippen molar-refractivity contribution in [1.82, 2.24) is 9.97 Å². The Morgan fingerprint density at radius 1 is 1.31 bits per heavy atom. The summed E-state index contributed by atoms with van der Waals surface area (Å²) in [5.41, 5.74) is 6.00.